The molecule has 0 amide bonds. The van der Waals surface area contributed by atoms with Gasteiger partial charge in [0.1, 0.15) is 0 Å². The van der Waals surface area contributed by atoms with E-state index in [1.54, 1.807) is 0 Å². The van der Waals surface area contributed by atoms with Crippen molar-refractivity contribution in [3.8, 4) is 0 Å². The lowest BCUT2D eigenvalue weighted by molar-refractivity contribution is 0.187. The van der Waals surface area contributed by atoms with Crippen LogP contribution in [0, 0.1) is 0 Å². The molecule has 0 aliphatic rings. The molecule has 0 saturated carbocycles. The number of hydrogen-bond acceptors (Lipinski definition) is 3. The lowest BCUT2D eigenvalue weighted by Gasteiger charge is -2.01. The van der Waals surface area contributed by atoms with Gasteiger partial charge in [-0.3, -0.25) is 0 Å². The molecule has 58 valence electrons. The predicted molar refractivity (Wildman–Crippen MR) is 43.3 cm³/mol. The highest BCUT2D eigenvalue weighted by Gasteiger charge is 2.04. The minimum absolute atomic E-state index is 0.104. The lowest BCUT2D eigenvalue weighted by Crippen LogP contribution is -1.98. The van der Waals surface area contributed by atoms with Crippen LogP contribution in [0.15, 0.2) is 21.9 Å². The summed E-state index contributed by atoms with van der Waals surface area (Å²) in [5, 5.41) is 16.2. The van der Waals surface area contributed by atoms with E-state index in [0.717, 1.165) is 5.56 Å². The molecule has 1 aromatic rings. The van der Waals surface area contributed by atoms with Gasteiger partial charge in [0.05, 0.1) is 12.6 Å². The van der Waals surface area contributed by atoms with E-state index in [4.69, 9.17) is 5.53 Å². The maximum absolute atomic E-state index is 9.28. The Balaban J connectivity index is 2.55. The van der Waals surface area contributed by atoms with E-state index in [9.17, 15) is 5.11 Å². The first-order chi connectivity index (χ1) is 5.34. The highest BCUT2D eigenvalue weighted by molar-refractivity contribution is 7.07. The number of nitrogens with zero attached hydrogens (tertiary/aromatic N) is 3. The third-order valence-electron chi connectivity index (χ3n) is 1.25. The van der Waals surface area contributed by atoms with Crippen LogP contribution in [0.5, 0.6) is 0 Å². The summed E-state index contributed by atoms with van der Waals surface area (Å²) in [5.41, 5.74) is 8.77. The van der Waals surface area contributed by atoms with Gasteiger partial charge in [-0.15, -0.1) is 0 Å². The second kappa shape index (κ2) is 3.98. The Bertz CT molecular complexity index is 253. The number of azide groups is 1. The van der Waals surface area contributed by atoms with E-state index < -0.39 is 6.10 Å². The van der Waals surface area contributed by atoms with Crippen LogP contribution in [-0.2, 0) is 0 Å². The summed E-state index contributed by atoms with van der Waals surface area (Å²) in [5.74, 6) is 0. The molecule has 0 aliphatic carbocycles. The SMILES string of the molecule is [N-]=[N+]=NC[C@H](O)c1ccsc1. The Morgan fingerprint density at radius 3 is 3.18 bits per heavy atom. The fourth-order valence-corrected chi connectivity index (χ4v) is 1.39. The first-order valence-electron chi connectivity index (χ1n) is 3.05. The molecule has 0 aliphatic heterocycles. The number of aliphatic hydroxyl groups excluding tert-OH is 1. The van der Waals surface area contributed by atoms with Gasteiger partial charge < -0.3 is 5.11 Å². The minimum atomic E-state index is -0.655. The number of thiophene rings is 1. The van der Waals surface area contributed by atoms with Crippen molar-refractivity contribution < 1.29 is 5.11 Å². The average Bonchev–Trinajstić information content (AvgIpc) is 2.52. The van der Waals surface area contributed by atoms with Crippen molar-refractivity contribution in [3.63, 3.8) is 0 Å². The fourth-order valence-electron chi connectivity index (χ4n) is 0.684. The summed E-state index contributed by atoms with van der Waals surface area (Å²) >= 11 is 1.51. The van der Waals surface area contributed by atoms with E-state index in [1.165, 1.54) is 11.3 Å². The van der Waals surface area contributed by atoms with Gasteiger partial charge in [-0.1, -0.05) is 5.11 Å². The Morgan fingerprint density at radius 1 is 1.82 bits per heavy atom. The van der Waals surface area contributed by atoms with E-state index in [-0.39, 0.29) is 6.54 Å². The van der Waals surface area contributed by atoms with Gasteiger partial charge in [-0.05, 0) is 27.9 Å². The van der Waals surface area contributed by atoms with Crippen LogP contribution in [0.2, 0.25) is 0 Å². The van der Waals surface area contributed by atoms with Crippen LogP contribution in [0.4, 0.5) is 0 Å². The average molecular weight is 169 g/mol. The van der Waals surface area contributed by atoms with Crippen LogP contribution in [0.25, 0.3) is 10.4 Å². The summed E-state index contributed by atoms with van der Waals surface area (Å²) in [6, 6.07) is 1.81. The highest BCUT2D eigenvalue weighted by Crippen LogP contribution is 2.15. The molecule has 0 unspecified atom stereocenters. The van der Waals surface area contributed by atoms with Gasteiger partial charge in [0.15, 0.2) is 0 Å². The molecule has 0 bridgehead atoms. The summed E-state index contributed by atoms with van der Waals surface area (Å²) in [4.78, 5) is 2.55. The molecule has 0 fully saturated rings. The zero-order valence-corrected chi connectivity index (χ0v) is 6.53. The molecule has 5 heteroatoms. The van der Waals surface area contributed by atoms with Gasteiger partial charge in [0, 0.05) is 4.91 Å². The van der Waals surface area contributed by atoms with Crippen molar-refractivity contribution in [2.24, 2.45) is 5.11 Å². The van der Waals surface area contributed by atoms with Gasteiger partial charge in [-0.25, -0.2) is 0 Å². The molecule has 0 saturated heterocycles. The third-order valence-corrected chi connectivity index (χ3v) is 1.95. The zero-order valence-electron chi connectivity index (χ0n) is 5.71. The van der Waals surface area contributed by atoms with E-state index in [1.807, 2.05) is 16.8 Å². The fraction of sp³-hybridized carbons (Fsp3) is 0.333. The zero-order chi connectivity index (χ0) is 8.10. The second-order valence-corrected chi connectivity index (χ2v) is 2.77. The van der Waals surface area contributed by atoms with E-state index in [0.29, 0.717) is 0 Å². The van der Waals surface area contributed by atoms with Crippen molar-refractivity contribution in [1.29, 1.82) is 0 Å². The van der Waals surface area contributed by atoms with Crippen LogP contribution in [0.1, 0.15) is 11.7 Å². The monoisotopic (exact) mass is 169 g/mol. The van der Waals surface area contributed by atoms with Crippen LogP contribution in [-0.4, -0.2) is 11.7 Å². The Hall–Kier alpha value is -1.03. The Morgan fingerprint density at radius 2 is 2.64 bits per heavy atom. The van der Waals surface area contributed by atoms with Crippen molar-refractivity contribution in [2.45, 2.75) is 6.10 Å². The van der Waals surface area contributed by atoms with Crippen LogP contribution < -0.4 is 0 Å². The molecule has 0 aromatic carbocycles. The van der Waals surface area contributed by atoms with Crippen molar-refractivity contribution in [3.05, 3.63) is 32.8 Å². The maximum Gasteiger partial charge on any atom is 0.0854 e. The Kier molecular flexibility index (Phi) is 2.92. The van der Waals surface area contributed by atoms with Crippen molar-refractivity contribution in [2.75, 3.05) is 6.54 Å². The molecule has 0 spiro atoms. The molecular formula is C6H7N3OS. The summed E-state index contributed by atoms with van der Waals surface area (Å²) in [7, 11) is 0. The smallest absolute Gasteiger partial charge is 0.0854 e. The van der Waals surface area contributed by atoms with Gasteiger partial charge in [0.2, 0.25) is 0 Å². The predicted octanol–water partition coefficient (Wildman–Crippen LogP) is 2.09. The molecule has 1 rings (SSSR count). The van der Waals surface area contributed by atoms with Crippen LogP contribution >= 0.6 is 11.3 Å². The van der Waals surface area contributed by atoms with Crippen LogP contribution in [0.3, 0.4) is 0 Å². The van der Waals surface area contributed by atoms with Crippen molar-refractivity contribution >= 4 is 11.3 Å². The number of hydrogen-bond donors (Lipinski definition) is 1. The first kappa shape index (κ1) is 8.07. The molecule has 1 heterocycles. The summed E-state index contributed by atoms with van der Waals surface area (Å²) < 4.78 is 0. The highest BCUT2D eigenvalue weighted by atomic mass is 32.1. The van der Waals surface area contributed by atoms with Gasteiger partial charge in [0.25, 0.3) is 0 Å². The molecule has 1 aromatic heterocycles. The number of aliphatic hydroxyl groups is 1. The first-order valence-corrected chi connectivity index (χ1v) is 4.00. The molecule has 1 N–H and O–H groups in total. The lowest BCUT2D eigenvalue weighted by atomic mass is 10.2. The summed E-state index contributed by atoms with van der Waals surface area (Å²) in [6.45, 7) is 0.104. The van der Waals surface area contributed by atoms with Gasteiger partial charge >= 0.3 is 0 Å². The molecule has 0 radical (unpaired) electrons. The second-order valence-electron chi connectivity index (χ2n) is 1.99. The molecule has 4 nitrogen and oxygen atoms in total. The van der Waals surface area contributed by atoms with E-state index >= 15 is 0 Å². The largest absolute Gasteiger partial charge is 0.388 e. The normalized spacial score (nSPS) is 12.1. The molecular weight excluding hydrogens is 162 g/mol. The maximum atomic E-state index is 9.28. The summed E-state index contributed by atoms with van der Waals surface area (Å²) in [6.07, 6.45) is -0.655. The van der Waals surface area contributed by atoms with E-state index in [2.05, 4.69) is 10.0 Å². The molecule has 1 atom stereocenters. The standard InChI is InChI=1S/C6H7N3OS/c7-9-8-3-6(10)5-1-2-11-4-5/h1-2,4,6,10H,3H2/t6-/m0/s1. The topological polar surface area (TPSA) is 69.0 Å². The Labute approximate surface area is 67.7 Å². The minimum Gasteiger partial charge on any atom is -0.388 e. The van der Waals surface area contributed by atoms with Crippen molar-refractivity contribution in [1.82, 2.24) is 0 Å². The van der Waals surface area contributed by atoms with Gasteiger partial charge in [-0.2, -0.15) is 11.3 Å². The third kappa shape index (κ3) is 2.23. The number of rotatable bonds is 3. The quantitative estimate of drug-likeness (QED) is 0.420. The molecule has 11 heavy (non-hydrogen) atoms.